The van der Waals surface area contributed by atoms with Crippen LogP contribution < -0.4 is 5.32 Å². The molecule has 2 heterocycles. The molecule has 1 unspecified atom stereocenters. The normalized spacial score (nSPS) is 17.6. The average Bonchev–Trinajstić information content (AvgIpc) is 2.93. The Labute approximate surface area is 108 Å². The second-order valence-corrected chi connectivity index (χ2v) is 5.68. The second kappa shape index (κ2) is 4.35. The highest BCUT2D eigenvalue weighted by Gasteiger charge is 2.26. The first-order valence-corrected chi connectivity index (χ1v) is 6.82. The number of thiophene rings is 1. The van der Waals surface area contributed by atoms with Crippen LogP contribution in [-0.2, 0) is 12.8 Å². The van der Waals surface area contributed by atoms with Crippen molar-refractivity contribution in [3.8, 4) is 0 Å². The van der Waals surface area contributed by atoms with E-state index < -0.39 is 11.6 Å². The van der Waals surface area contributed by atoms with Gasteiger partial charge in [0, 0.05) is 15.8 Å². The van der Waals surface area contributed by atoms with Gasteiger partial charge in [-0.25, -0.2) is 8.78 Å². The number of nitrogens with one attached hydrogen (secondary N) is 1. The molecule has 1 aromatic carbocycles. The van der Waals surface area contributed by atoms with Crippen LogP contribution in [0, 0.1) is 11.6 Å². The van der Waals surface area contributed by atoms with Gasteiger partial charge >= 0.3 is 0 Å². The minimum atomic E-state index is -0.505. The third-order valence-electron chi connectivity index (χ3n) is 3.25. The fourth-order valence-electron chi connectivity index (χ4n) is 2.34. The van der Waals surface area contributed by atoms with Crippen molar-refractivity contribution in [2.24, 2.45) is 0 Å². The number of halogens is 2. The minimum Gasteiger partial charge on any atom is -0.374 e. The molecule has 0 spiro atoms. The van der Waals surface area contributed by atoms with E-state index in [-0.39, 0.29) is 6.04 Å². The van der Waals surface area contributed by atoms with Crippen molar-refractivity contribution in [3.63, 3.8) is 0 Å². The summed E-state index contributed by atoms with van der Waals surface area (Å²) in [6.07, 6.45) is 1.65. The van der Waals surface area contributed by atoms with Gasteiger partial charge in [-0.15, -0.1) is 11.3 Å². The maximum absolute atomic E-state index is 13.6. The third-order valence-corrected chi connectivity index (χ3v) is 4.60. The maximum Gasteiger partial charge on any atom is 0.149 e. The molecule has 0 aliphatic carbocycles. The molecule has 1 atom stereocenters. The van der Waals surface area contributed by atoms with Gasteiger partial charge in [0.25, 0.3) is 0 Å². The molecule has 1 nitrogen and oxygen atoms in total. The number of anilines is 1. The van der Waals surface area contributed by atoms with Gasteiger partial charge in [0.2, 0.25) is 0 Å². The van der Waals surface area contributed by atoms with Crippen LogP contribution in [-0.4, -0.2) is 0 Å². The van der Waals surface area contributed by atoms with Crippen LogP contribution in [0.2, 0.25) is 0 Å². The standard InChI is InChI=1S/C14H13F2NS/c1-2-10-3-4-13(18-10)12-6-8-5-9(15)7-11(16)14(8)17-12/h3-5,7,12,17H,2,6H2,1H3. The summed E-state index contributed by atoms with van der Waals surface area (Å²) in [5.41, 5.74) is 1.18. The van der Waals surface area contributed by atoms with Crippen LogP contribution in [0.5, 0.6) is 0 Å². The summed E-state index contributed by atoms with van der Waals surface area (Å²) in [7, 11) is 0. The Morgan fingerprint density at radius 3 is 2.89 bits per heavy atom. The third kappa shape index (κ3) is 1.90. The smallest absolute Gasteiger partial charge is 0.149 e. The molecule has 94 valence electrons. The Balaban J connectivity index is 1.90. The van der Waals surface area contributed by atoms with E-state index in [1.54, 1.807) is 11.3 Å². The number of aryl methyl sites for hydroxylation is 1. The van der Waals surface area contributed by atoms with Crippen LogP contribution in [0.15, 0.2) is 24.3 Å². The molecule has 1 aliphatic rings. The summed E-state index contributed by atoms with van der Waals surface area (Å²) in [6, 6.07) is 6.59. The van der Waals surface area contributed by atoms with Crippen LogP contribution in [0.3, 0.4) is 0 Å². The number of benzene rings is 1. The van der Waals surface area contributed by atoms with E-state index >= 15 is 0 Å². The van der Waals surface area contributed by atoms with Crippen molar-refractivity contribution >= 4 is 17.0 Å². The maximum atomic E-state index is 13.6. The number of rotatable bonds is 2. The fourth-order valence-corrected chi connectivity index (χ4v) is 3.34. The summed E-state index contributed by atoms with van der Waals surface area (Å²) in [6.45, 7) is 2.11. The SMILES string of the molecule is CCc1ccc(C2Cc3cc(F)cc(F)c3N2)s1. The van der Waals surface area contributed by atoms with Crippen molar-refractivity contribution in [3.05, 3.63) is 51.2 Å². The van der Waals surface area contributed by atoms with E-state index in [0.29, 0.717) is 12.1 Å². The first kappa shape index (κ1) is 11.7. The molecule has 4 heteroatoms. The molecular formula is C14H13F2NS. The fraction of sp³-hybridized carbons (Fsp3) is 0.286. The van der Waals surface area contributed by atoms with E-state index in [4.69, 9.17) is 0 Å². The summed E-state index contributed by atoms with van der Waals surface area (Å²) in [5.74, 6) is -1.01. The van der Waals surface area contributed by atoms with Crippen molar-refractivity contribution < 1.29 is 8.78 Å². The van der Waals surface area contributed by atoms with E-state index in [1.165, 1.54) is 15.8 Å². The predicted molar refractivity (Wildman–Crippen MR) is 70.1 cm³/mol. The topological polar surface area (TPSA) is 12.0 Å². The highest BCUT2D eigenvalue weighted by molar-refractivity contribution is 7.12. The molecule has 1 aliphatic heterocycles. The van der Waals surface area contributed by atoms with Crippen LogP contribution in [0.1, 0.15) is 28.3 Å². The summed E-state index contributed by atoms with van der Waals surface area (Å²) in [4.78, 5) is 2.50. The van der Waals surface area contributed by atoms with Gasteiger partial charge in [-0.05, 0) is 36.6 Å². The lowest BCUT2D eigenvalue weighted by atomic mass is 10.1. The quantitative estimate of drug-likeness (QED) is 0.853. The van der Waals surface area contributed by atoms with Crippen LogP contribution in [0.25, 0.3) is 0 Å². The lowest BCUT2D eigenvalue weighted by Gasteiger charge is -2.08. The zero-order chi connectivity index (χ0) is 12.7. The molecule has 0 bridgehead atoms. The van der Waals surface area contributed by atoms with Gasteiger partial charge in [0.05, 0.1) is 11.7 Å². The van der Waals surface area contributed by atoms with E-state index in [0.717, 1.165) is 18.1 Å². The van der Waals surface area contributed by atoms with Gasteiger partial charge in [0.1, 0.15) is 11.6 Å². The van der Waals surface area contributed by atoms with Gasteiger partial charge in [-0.3, -0.25) is 0 Å². The van der Waals surface area contributed by atoms with Crippen LogP contribution in [0.4, 0.5) is 14.5 Å². The molecule has 2 aromatic rings. The lowest BCUT2D eigenvalue weighted by molar-refractivity contribution is 0.585. The first-order valence-electron chi connectivity index (χ1n) is 6.00. The van der Waals surface area contributed by atoms with Crippen molar-refractivity contribution in [2.75, 3.05) is 5.32 Å². The monoisotopic (exact) mass is 265 g/mol. The van der Waals surface area contributed by atoms with E-state index in [9.17, 15) is 8.78 Å². The van der Waals surface area contributed by atoms with Gasteiger partial charge in [-0.2, -0.15) is 0 Å². The Bertz CT molecular complexity index is 591. The molecular weight excluding hydrogens is 252 g/mol. The summed E-state index contributed by atoms with van der Waals surface area (Å²) >= 11 is 1.73. The molecule has 3 rings (SSSR count). The number of hydrogen-bond donors (Lipinski definition) is 1. The average molecular weight is 265 g/mol. The largest absolute Gasteiger partial charge is 0.374 e. The van der Waals surface area contributed by atoms with Crippen molar-refractivity contribution in [2.45, 2.75) is 25.8 Å². The molecule has 0 radical (unpaired) electrons. The number of fused-ring (bicyclic) bond motifs is 1. The molecule has 0 saturated heterocycles. The lowest BCUT2D eigenvalue weighted by Crippen LogP contribution is -2.03. The molecule has 0 fully saturated rings. The zero-order valence-electron chi connectivity index (χ0n) is 9.97. The molecule has 1 N–H and O–H groups in total. The summed E-state index contributed by atoms with van der Waals surface area (Å²) in [5, 5.41) is 3.15. The predicted octanol–water partition coefficient (Wildman–Crippen LogP) is 4.30. The second-order valence-electron chi connectivity index (χ2n) is 4.48. The Hall–Kier alpha value is -1.42. The van der Waals surface area contributed by atoms with E-state index in [1.807, 2.05) is 0 Å². The molecule has 0 saturated carbocycles. The summed E-state index contributed by atoms with van der Waals surface area (Å²) < 4.78 is 26.8. The van der Waals surface area contributed by atoms with Crippen molar-refractivity contribution in [1.82, 2.24) is 0 Å². The number of hydrogen-bond acceptors (Lipinski definition) is 2. The highest BCUT2D eigenvalue weighted by Crippen LogP contribution is 2.38. The molecule has 1 aromatic heterocycles. The van der Waals surface area contributed by atoms with Gasteiger partial charge < -0.3 is 5.32 Å². The Morgan fingerprint density at radius 2 is 2.17 bits per heavy atom. The van der Waals surface area contributed by atoms with Crippen LogP contribution >= 0.6 is 11.3 Å². The zero-order valence-corrected chi connectivity index (χ0v) is 10.8. The minimum absolute atomic E-state index is 0.0709. The molecule has 18 heavy (non-hydrogen) atoms. The van der Waals surface area contributed by atoms with E-state index in [2.05, 4.69) is 24.4 Å². The Kier molecular flexibility index (Phi) is 2.82. The first-order chi connectivity index (χ1) is 8.67. The highest BCUT2D eigenvalue weighted by atomic mass is 32.1. The van der Waals surface area contributed by atoms with Gasteiger partial charge in [0.15, 0.2) is 0 Å². The Morgan fingerprint density at radius 1 is 1.33 bits per heavy atom. The molecule has 0 amide bonds. The van der Waals surface area contributed by atoms with Crippen molar-refractivity contribution in [1.29, 1.82) is 0 Å². The van der Waals surface area contributed by atoms with Gasteiger partial charge in [-0.1, -0.05) is 6.92 Å².